The van der Waals surface area contributed by atoms with Crippen LogP contribution in [0, 0.1) is 6.92 Å². The van der Waals surface area contributed by atoms with Gasteiger partial charge in [0.15, 0.2) is 0 Å². The molecule has 0 saturated carbocycles. The van der Waals surface area contributed by atoms with Gasteiger partial charge in [0.05, 0.1) is 16.8 Å². The first-order chi connectivity index (χ1) is 15.1. The van der Waals surface area contributed by atoms with Crippen molar-refractivity contribution in [2.75, 3.05) is 0 Å². The van der Waals surface area contributed by atoms with Gasteiger partial charge in [0.1, 0.15) is 0 Å². The Balaban J connectivity index is 1.92. The number of hydrogen-bond donors (Lipinski definition) is 1. The van der Waals surface area contributed by atoms with Gasteiger partial charge in [-0.1, -0.05) is 74.4 Å². The molecule has 4 heteroatoms. The summed E-state index contributed by atoms with van der Waals surface area (Å²) in [5.74, 6) is -0.397. The van der Waals surface area contributed by atoms with Crippen molar-refractivity contribution in [3.63, 3.8) is 0 Å². The molecule has 0 atom stereocenters. The van der Waals surface area contributed by atoms with E-state index in [1.807, 2.05) is 49.4 Å². The van der Waals surface area contributed by atoms with Crippen LogP contribution in [0.25, 0.3) is 22.2 Å². The predicted molar refractivity (Wildman–Crippen MR) is 127 cm³/mol. The third kappa shape index (κ3) is 4.24. The molecule has 4 rings (SSSR count). The fourth-order valence-electron chi connectivity index (χ4n) is 4.36. The highest BCUT2D eigenvalue weighted by Gasteiger charge is 2.25. The van der Waals surface area contributed by atoms with Gasteiger partial charge in [-0.05, 0) is 37.5 Å². The lowest BCUT2D eigenvalue weighted by atomic mass is 10.0. The Morgan fingerprint density at radius 2 is 1.71 bits per heavy atom. The Bertz CT molecular complexity index is 1210. The van der Waals surface area contributed by atoms with E-state index in [0.29, 0.717) is 12.1 Å². The summed E-state index contributed by atoms with van der Waals surface area (Å²) in [5, 5.41) is 1.08. The molecule has 0 aliphatic heterocycles. The molecule has 0 aliphatic carbocycles. The van der Waals surface area contributed by atoms with Crippen LogP contribution in [0.15, 0.2) is 66.7 Å². The van der Waals surface area contributed by atoms with E-state index < -0.39 is 5.91 Å². The monoisotopic (exact) mass is 411 g/mol. The number of amides is 1. The van der Waals surface area contributed by atoms with Gasteiger partial charge in [-0.25, -0.2) is 4.98 Å². The molecule has 4 nitrogen and oxygen atoms in total. The van der Waals surface area contributed by atoms with Crippen molar-refractivity contribution >= 4 is 16.8 Å². The van der Waals surface area contributed by atoms with Gasteiger partial charge in [-0.15, -0.1) is 0 Å². The van der Waals surface area contributed by atoms with Crippen molar-refractivity contribution in [2.45, 2.75) is 46.1 Å². The summed E-state index contributed by atoms with van der Waals surface area (Å²) in [5.41, 5.74) is 12.4. The minimum atomic E-state index is -0.397. The van der Waals surface area contributed by atoms with Gasteiger partial charge in [0, 0.05) is 28.9 Å². The molecule has 2 N–H and O–H groups in total. The summed E-state index contributed by atoms with van der Waals surface area (Å²) in [7, 11) is 0. The Morgan fingerprint density at radius 3 is 2.45 bits per heavy atom. The van der Waals surface area contributed by atoms with Crippen molar-refractivity contribution in [1.82, 2.24) is 9.55 Å². The summed E-state index contributed by atoms with van der Waals surface area (Å²) in [6, 6.07) is 22.5. The standard InChI is InChI=1S/C27H29N3O/c1-3-4-6-15-24-26(23-17-16-21-13-9-10-14-22(21)29-23)25(27(28)31)19(2)30(24)18-20-11-7-5-8-12-20/h5,7-14,16-17H,3-4,6,15,18H2,1-2H3,(H2,28,31). The number of pyridine rings is 1. The minimum Gasteiger partial charge on any atom is -0.366 e. The first kappa shape index (κ1) is 20.9. The Labute approximate surface area is 183 Å². The van der Waals surface area contributed by atoms with E-state index in [-0.39, 0.29) is 0 Å². The summed E-state index contributed by atoms with van der Waals surface area (Å²) >= 11 is 0. The molecule has 0 radical (unpaired) electrons. The molecule has 0 aliphatic rings. The van der Waals surface area contributed by atoms with Gasteiger partial charge in [0.2, 0.25) is 0 Å². The van der Waals surface area contributed by atoms with Crippen LogP contribution in [0.5, 0.6) is 0 Å². The number of nitrogens with zero attached hydrogens (tertiary/aromatic N) is 2. The Kier molecular flexibility index (Phi) is 6.17. The van der Waals surface area contributed by atoms with Gasteiger partial charge >= 0.3 is 0 Å². The van der Waals surface area contributed by atoms with Crippen LogP contribution < -0.4 is 5.73 Å². The van der Waals surface area contributed by atoms with E-state index in [2.05, 4.69) is 35.8 Å². The van der Waals surface area contributed by atoms with E-state index in [9.17, 15) is 4.79 Å². The quantitative estimate of drug-likeness (QED) is 0.367. The van der Waals surface area contributed by atoms with Crippen molar-refractivity contribution in [1.29, 1.82) is 0 Å². The normalized spacial score (nSPS) is 11.2. The molecule has 0 spiro atoms. The number of aromatic nitrogens is 2. The van der Waals surface area contributed by atoms with E-state index >= 15 is 0 Å². The number of rotatable bonds is 8. The largest absolute Gasteiger partial charge is 0.366 e. The first-order valence-corrected chi connectivity index (χ1v) is 11.0. The van der Waals surface area contributed by atoms with Crippen LogP contribution in [0.4, 0.5) is 0 Å². The molecule has 0 fully saturated rings. The Morgan fingerprint density at radius 1 is 0.968 bits per heavy atom. The second kappa shape index (κ2) is 9.17. The molecule has 2 aromatic heterocycles. The van der Waals surface area contributed by atoms with Crippen LogP contribution in [0.1, 0.15) is 53.5 Å². The van der Waals surface area contributed by atoms with E-state index in [4.69, 9.17) is 10.7 Å². The molecule has 158 valence electrons. The SMILES string of the molecule is CCCCCc1c(-c2ccc3ccccc3n2)c(C(N)=O)c(C)n1Cc1ccccc1. The third-order valence-corrected chi connectivity index (χ3v) is 5.93. The zero-order valence-corrected chi connectivity index (χ0v) is 18.3. The van der Waals surface area contributed by atoms with Crippen LogP contribution in [0.3, 0.4) is 0 Å². The molecule has 1 amide bonds. The van der Waals surface area contributed by atoms with Gasteiger partial charge in [-0.2, -0.15) is 0 Å². The Hall–Kier alpha value is -3.40. The lowest BCUT2D eigenvalue weighted by Gasteiger charge is -2.14. The highest BCUT2D eigenvalue weighted by molar-refractivity contribution is 6.02. The van der Waals surface area contributed by atoms with Crippen molar-refractivity contribution in [3.05, 3.63) is 89.2 Å². The van der Waals surface area contributed by atoms with E-state index in [1.54, 1.807) is 0 Å². The summed E-state index contributed by atoms with van der Waals surface area (Å²) in [4.78, 5) is 17.5. The lowest BCUT2D eigenvalue weighted by molar-refractivity contribution is 0.1000. The molecular formula is C27H29N3O. The van der Waals surface area contributed by atoms with Gasteiger partial charge in [-0.3, -0.25) is 4.79 Å². The number of para-hydroxylation sites is 1. The molecule has 31 heavy (non-hydrogen) atoms. The molecule has 2 heterocycles. The number of fused-ring (bicyclic) bond motifs is 1. The number of nitrogens with two attached hydrogens (primary N) is 1. The van der Waals surface area contributed by atoms with Crippen LogP contribution in [-0.2, 0) is 13.0 Å². The summed E-state index contributed by atoms with van der Waals surface area (Å²) in [6.45, 7) is 4.91. The summed E-state index contributed by atoms with van der Waals surface area (Å²) < 4.78 is 2.26. The number of hydrogen-bond acceptors (Lipinski definition) is 2. The van der Waals surface area contributed by atoms with E-state index in [0.717, 1.165) is 59.2 Å². The van der Waals surface area contributed by atoms with Crippen molar-refractivity contribution in [2.24, 2.45) is 5.73 Å². The van der Waals surface area contributed by atoms with Crippen LogP contribution in [-0.4, -0.2) is 15.5 Å². The van der Waals surface area contributed by atoms with E-state index in [1.165, 1.54) is 5.56 Å². The molecule has 2 aromatic carbocycles. The molecule has 0 bridgehead atoms. The fraction of sp³-hybridized carbons (Fsp3) is 0.259. The summed E-state index contributed by atoms with van der Waals surface area (Å²) in [6.07, 6.45) is 4.24. The molecule has 0 unspecified atom stereocenters. The van der Waals surface area contributed by atoms with Crippen LogP contribution in [0.2, 0.25) is 0 Å². The smallest absolute Gasteiger partial charge is 0.251 e. The lowest BCUT2D eigenvalue weighted by Crippen LogP contribution is -2.13. The average Bonchev–Trinajstić information content (AvgIpc) is 3.06. The third-order valence-electron chi connectivity index (χ3n) is 5.93. The van der Waals surface area contributed by atoms with Gasteiger partial charge in [0.25, 0.3) is 5.91 Å². The maximum absolute atomic E-state index is 12.6. The number of unbranched alkanes of at least 4 members (excludes halogenated alkanes) is 2. The van der Waals surface area contributed by atoms with Crippen molar-refractivity contribution in [3.8, 4) is 11.3 Å². The molecule has 0 saturated heterocycles. The second-order valence-electron chi connectivity index (χ2n) is 8.06. The topological polar surface area (TPSA) is 60.9 Å². The first-order valence-electron chi connectivity index (χ1n) is 11.0. The maximum Gasteiger partial charge on any atom is 0.251 e. The second-order valence-corrected chi connectivity index (χ2v) is 8.06. The highest BCUT2D eigenvalue weighted by atomic mass is 16.1. The zero-order valence-electron chi connectivity index (χ0n) is 18.3. The number of benzene rings is 2. The predicted octanol–water partition coefficient (Wildman–Crippen LogP) is 5.89. The maximum atomic E-state index is 12.6. The highest BCUT2D eigenvalue weighted by Crippen LogP contribution is 2.34. The molecular weight excluding hydrogens is 382 g/mol. The molecule has 4 aromatic rings. The minimum absolute atomic E-state index is 0.397. The fourth-order valence-corrected chi connectivity index (χ4v) is 4.36. The van der Waals surface area contributed by atoms with Crippen molar-refractivity contribution < 1.29 is 4.79 Å². The number of carbonyl (C=O) groups is 1. The van der Waals surface area contributed by atoms with Gasteiger partial charge < -0.3 is 10.3 Å². The number of primary amides is 1. The average molecular weight is 412 g/mol. The number of carbonyl (C=O) groups excluding carboxylic acids is 1. The zero-order chi connectivity index (χ0) is 21.8. The van der Waals surface area contributed by atoms with Crippen LogP contribution >= 0.6 is 0 Å².